The van der Waals surface area contributed by atoms with Crippen molar-refractivity contribution in [3.05, 3.63) is 0 Å². The summed E-state index contributed by atoms with van der Waals surface area (Å²) in [7, 11) is 0. The van der Waals surface area contributed by atoms with Crippen molar-refractivity contribution in [2.45, 2.75) is 60.2 Å². The minimum absolute atomic E-state index is 0.0828. The van der Waals surface area contributed by atoms with Crippen molar-refractivity contribution in [3.8, 4) is 0 Å². The highest BCUT2D eigenvalue weighted by Crippen LogP contribution is 2.30. The highest BCUT2D eigenvalue weighted by Gasteiger charge is 2.30. The molecule has 2 atom stereocenters. The van der Waals surface area contributed by atoms with E-state index in [0.29, 0.717) is 6.61 Å². The molecule has 0 aliphatic rings. The first-order chi connectivity index (χ1) is 6.04. The second kappa shape index (κ2) is 4.63. The molecule has 0 amide bonds. The Balaban J connectivity index is 4.27. The zero-order valence-corrected chi connectivity index (χ0v) is 10.7. The van der Waals surface area contributed by atoms with Crippen LogP contribution in [-0.4, -0.2) is 23.4 Å². The summed E-state index contributed by atoms with van der Waals surface area (Å²) in [5.41, 5.74) is -0.0438. The minimum Gasteiger partial charge on any atom is -0.393 e. The van der Waals surface area contributed by atoms with Gasteiger partial charge in [-0.3, -0.25) is 0 Å². The summed E-state index contributed by atoms with van der Waals surface area (Å²) in [6.07, 6.45) is -0.322. The molecule has 2 nitrogen and oxygen atoms in total. The van der Waals surface area contributed by atoms with E-state index in [1.165, 1.54) is 0 Å². The molecule has 0 aromatic heterocycles. The van der Waals surface area contributed by atoms with E-state index in [1.807, 2.05) is 27.7 Å². The van der Waals surface area contributed by atoms with Crippen molar-refractivity contribution in [2.75, 3.05) is 6.61 Å². The van der Waals surface area contributed by atoms with Gasteiger partial charge < -0.3 is 9.84 Å². The summed E-state index contributed by atoms with van der Waals surface area (Å²) in [6, 6.07) is 0. The molecule has 0 saturated heterocycles. The summed E-state index contributed by atoms with van der Waals surface area (Å²) in [5.74, 6) is 0.182. The average molecular weight is 202 g/mol. The van der Waals surface area contributed by atoms with Gasteiger partial charge in [-0.25, -0.2) is 0 Å². The molecule has 0 aromatic carbocycles. The van der Waals surface area contributed by atoms with E-state index >= 15 is 0 Å². The van der Waals surface area contributed by atoms with Crippen LogP contribution in [0.25, 0.3) is 0 Å². The van der Waals surface area contributed by atoms with Crippen molar-refractivity contribution >= 4 is 0 Å². The van der Waals surface area contributed by atoms with Crippen LogP contribution in [0, 0.1) is 11.3 Å². The zero-order chi connectivity index (χ0) is 11.6. The van der Waals surface area contributed by atoms with Crippen LogP contribution in [0.15, 0.2) is 0 Å². The van der Waals surface area contributed by atoms with Gasteiger partial charge in [-0.05, 0) is 33.1 Å². The number of aliphatic hydroxyl groups is 1. The predicted molar refractivity (Wildman–Crippen MR) is 60.3 cm³/mol. The van der Waals surface area contributed by atoms with E-state index in [2.05, 4.69) is 20.8 Å². The van der Waals surface area contributed by atoms with Crippen LogP contribution in [0.4, 0.5) is 0 Å². The third-order valence-corrected chi connectivity index (χ3v) is 2.39. The van der Waals surface area contributed by atoms with E-state index in [-0.39, 0.29) is 23.0 Å². The second-order valence-electron chi connectivity index (χ2n) is 6.14. The van der Waals surface area contributed by atoms with Crippen molar-refractivity contribution in [1.82, 2.24) is 0 Å². The number of hydrogen-bond acceptors (Lipinski definition) is 2. The fourth-order valence-corrected chi connectivity index (χ4v) is 1.45. The molecule has 86 valence electrons. The highest BCUT2D eigenvalue weighted by molar-refractivity contribution is 4.78. The molecule has 0 fully saturated rings. The first-order valence-electron chi connectivity index (χ1n) is 5.36. The molecule has 2 unspecified atom stereocenters. The normalized spacial score (nSPS) is 18.0. The van der Waals surface area contributed by atoms with Gasteiger partial charge in [0.05, 0.1) is 18.3 Å². The Labute approximate surface area is 88.7 Å². The van der Waals surface area contributed by atoms with Crippen molar-refractivity contribution in [1.29, 1.82) is 0 Å². The fourth-order valence-electron chi connectivity index (χ4n) is 1.45. The van der Waals surface area contributed by atoms with Crippen molar-refractivity contribution in [2.24, 2.45) is 11.3 Å². The van der Waals surface area contributed by atoms with E-state index in [0.717, 1.165) is 0 Å². The Hall–Kier alpha value is -0.0800. The SMILES string of the molecule is CC(O)C(COC(C)(C)C)C(C)(C)C. The maximum Gasteiger partial charge on any atom is 0.0598 e. The summed E-state index contributed by atoms with van der Waals surface area (Å²) in [5, 5.41) is 9.66. The van der Waals surface area contributed by atoms with Crippen LogP contribution in [0.1, 0.15) is 48.5 Å². The first kappa shape index (κ1) is 13.9. The summed E-state index contributed by atoms with van der Waals surface area (Å²) >= 11 is 0. The molecule has 0 heterocycles. The Kier molecular flexibility index (Phi) is 4.60. The molecule has 0 aromatic rings. The lowest BCUT2D eigenvalue weighted by Crippen LogP contribution is -2.36. The van der Waals surface area contributed by atoms with Gasteiger partial charge in [-0.1, -0.05) is 20.8 Å². The van der Waals surface area contributed by atoms with Crippen LogP contribution in [0.2, 0.25) is 0 Å². The molecular formula is C12H26O2. The van der Waals surface area contributed by atoms with E-state index < -0.39 is 0 Å². The molecule has 1 N–H and O–H groups in total. The largest absolute Gasteiger partial charge is 0.393 e. The van der Waals surface area contributed by atoms with Crippen molar-refractivity contribution in [3.63, 3.8) is 0 Å². The summed E-state index contributed by atoms with van der Waals surface area (Å²) in [4.78, 5) is 0. The molecule has 0 radical (unpaired) electrons. The summed E-state index contributed by atoms with van der Waals surface area (Å²) < 4.78 is 5.72. The van der Waals surface area contributed by atoms with E-state index in [4.69, 9.17) is 4.74 Å². The maximum absolute atomic E-state index is 9.66. The van der Waals surface area contributed by atoms with Gasteiger partial charge in [0.2, 0.25) is 0 Å². The van der Waals surface area contributed by atoms with Gasteiger partial charge >= 0.3 is 0 Å². The van der Waals surface area contributed by atoms with Gasteiger partial charge in [0.15, 0.2) is 0 Å². The number of aliphatic hydroxyl groups excluding tert-OH is 1. The predicted octanol–water partition coefficient (Wildman–Crippen LogP) is 2.84. The smallest absolute Gasteiger partial charge is 0.0598 e. The van der Waals surface area contributed by atoms with Crippen molar-refractivity contribution < 1.29 is 9.84 Å². The first-order valence-corrected chi connectivity index (χ1v) is 5.36. The molecule has 0 saturated carbocycles. The Bertz CT molecular complexity index is 160. The van der Waals surface area contributed by atoms with Gasteiger partial charge in [-0.15, -0.1) is 0 Å². The van der Waals surface area contributed by atoms with Crippen LogP contribution >= 0.6 is 0 Å². The number of hydrogen-bond donors (Lipinski definition) is 1. The molecule has 2 heteroatoms. The Morgan fingerprint density at radius 1 is 1.07 bits per heavy atom. The van der Waals surface area contributed by atoms with E-state index in [9.17, 15) is 5.11 Å². The average Bonchev–Trinajstić information content (AvgIpc) is 1.79. The molecule has 0 rings (SSSR count). The van der Waals surface area contributed by atoms with Crippen LogP contribution in [-0.2, 0) is 4.74 Å². The maximum atomic E-state index is 9.66. The highest BCUT2D eigenvalue weighted by atomic mass is 16.5. The molecule has 14 heavy (non-hydrogen) atoms. The molecule has 0 aliphatic heterocycles. The molecule has 0 bridgehead atoms. The third kappa shape index (κ3) is 5.61. The number of ether oxygens (including phenoxy) is 1. The van der Waals surface area contributed by atoms with Crippen LogP contribution < -0.4 is 0 Å². The quantitative estimate of drug-likeness (QED) is 0.762. The van der Waals surface area contributed by atoms with Gasteiger partial charge in [-0.2, -0.15) is 0 Å². The van der Waals surface area contributed by atoms with Gasteiger partial charge in [0.1, 0.15) is 0 Å². The minimum atomic E-state index is -0.322. The van der Waals surface area contributed by atoms with Crippen LogP contribution in [0.5, 0.6) is 0 Å². The Morgan fingerprint density at radius 3 is 1.71 bits per heavy atom. The van der Waals surface area contributed by atoms with Gasteiger partial charge in [0.25, 0.3) is 0 Å². The lowest BCUT2D eigenvalue weighted by Gasteiger charge is -2.35. The fraction of sp³-hybridized carbons (Fsp3) is 1.00. The Morgan fingerprint density at radius 2 is 1.50 bits per heavy atom. The monoisotopic (exact) mass is 202 g/mol. The lowest BCUT2D eigenvalue weighted by molar-refractivity contribution is -0.0721. The third-order valence-electron chi connectivity index (χ3n) is 2.39. The molecule has 0 spiro atoms. The molecular weight excluding hydrogens is 176 g/mol. The zero-order valence-electron chi connectivity index (χ0n) is 10.7. The topological polar surface area (TPSA) is 29.5 Å². The van der Waals surface area contributed by atoms with Gasteiger partial charge in [0, 0.05) is 5.92 Å². The lowest BCUT2D eigenvalue weighted by atomic mass is 9.78. The van der Waals surface area contributed by atoms with E-state index in [1.54, 1.807) is 0 Å². The van der Waals surface area contributed by atoms with Crippen LogP contribution in [0.3, 0.4) is 0 Å². The molecule has 0 aliphatic carbocycles. The number of rotatable bonds is 3. The summed E-state index contributed by atoms with van der Waals surface area (Å²) in [6.45, 7) is 15.0. The second-order valence-corrected chi connectivity index (χ2v) is 6.14. The standard InChI is InChI=1S/C12H26O2/c1-9(13)10(11(2,3)4)8-14-12(5,6)7/h9-10,13H,8H2,1-7H3.